The second-order valence-corrected chi connectivity index (χ2v) is 10.8. The minimum atomic E-state index is -3.35. The number of nitrogens with one attached hydrogen (secondary N) is 2. The zero-order valence-electron chi connectivity index (χ0n) is 17.6. The van der Waals surface area contributed by atoms with Crippen molar-refractivity contribution in [2.75, 3.05) is 19.4 Å². The Kier molecular flexibility index (Phi) is 6.65. The molecule has 2 amide bonds. The molecule has 1 aromatic rings. The Hall–Kier alpha value is -1.64. The molecule has 2 N–H and O–H groups in total. The highest BCUT2D eigenvalue weighted by atomic mass is 32.2. The highest BCUT2D eigenvalue weighted by Gasteiger charge is 2.40. The van der Waals surface area contributed by atoms with Crippen LogP contribution in [-0.2, 0) is 14.8 Å². The number of urea groups is 1. The first-order valence-corrected chi connectivity index (χ1v) is 13.0. The molecule has 3 fully saturated rings. The van der Waals surface area contributed by atoms with E-state index in [2.05, 4.69) is 34.3 Å². The van der Waals surface area contributed by atoms with Gasteiger partial charge in [0.05, 0.1) is 25.0 Å². The van der Waals surface area contributed by atoms with Gasteiger partial charge in [0.2, 0.25) is 10.0 Å². The van der Waals surface area contributed by atoms with E-state index in [-0.39, 0.29) is 30.3 Å². The molecule has 7 nitrogen and oxygen atoms in total. The zero-order valence-corrected chi connectivity index (χ0v) is 18.4. The van der Waals surface area contributed by atoms with E-state index in [1.165, 1.54) is 11.8 Å². The van der Waals surface area contributed by atoms with E-state index in [1.54, 1.807) is 4.90 Å². The average molecular weight is 436 g/mol. The third-order valence-corrected chi connectivity index (χ3v) is 7.26. The Morgan fingerprint density at radius 1 is 1.07 bits per heavy atom. The van der Waals surface area contributed by atoms with E-state index in [9.17, 15) is 13.2 Å². The lowest BCUT2D eigenvalue weighted by Crippen LogP contribution is -2.52. The van der Waals surface area contributed by atoms with E-state index < -0.39 is 10.0 Å². The fourth-order valence-corrected chi connectivity index (χ4v) is 5.56. The molecule has 0 unspecified atom stereocenters. The smallest absolute Gasteiger partial charge is 0.318 e. The number of hydrogen-bond acceptors (Lipinski definition) is 4. The monoisotopic (exact) mass is 435 g/mol. The summed E-state index contributed by atoms with van der Waals surface area (Å²) in [6, 6.07) is 10.2. The van der Waals surface area contributed by atoms with Gasteiger partial charge in [-0.1, -0.05) is 30.3 Å². The van der Waals surface area contributed by atoms with Crippen LogP contribution in [0.4, 0.5) is 4.79 Å². The van der Waals surface area contributed by atoms with Crippen molar-refractivity contribution in [1.82, 2.24) is 14.9 Å². The van der Waals surface area contributed by atoms with Crippen molar-refractivity contribution in [3.63, 3.8) is 0 Å². The molecule has 0 radical (unpaired) electrons. The lowest BCUT2D eigenvalue weighted by atomic mass is 9.83. The van der Waals surface area contributed by atoms with Crippen molar-refractivity contribution in [3.05, 3.63) is 35.9 Å². The first-order valence-electron chi connectivity index (χ1n) is 11.1. The molecule has 2 aliphatic carbocycles. The molecule has 1 aromatic carbocycles. The largest absolute Gasteiger partial charge is 0.376 e. The van der Waals surface area contributed by atoms with Crippen LogP contribution in [0.25, 0.3) is 0 Å². The molecular formula is C22H33N3O4S. The fraction of sp³-hybridized carbons (Fsp3) is 0.682. The van der Waals surface area contributed by atoms with Crippen molar-refractivity contribution in [2.45, 2.75) is 75.1 Å². The fourth-order valence-electron chi connectivity index (χ4n) is 4.73. The minimum absolute atomic E-state index is 0.100. The highest BCUT2D eigenvalue weighted by molar-refractivity contribution is 7.88. The van der Waals surface area contributed by atoms with Crippen LogP contribution in [-0.4, -0.2) is 63.0 Å². The standard InChI is InChI=1S/C22H33N3O4S/c1-30(27,28)24-20-13-14-25(22(26)23-18-9-10-18)21(20)15-29-19-11-7-17(8-12-19)16-5-3-2-4-6-16/h2-6,17-21,24H,7-15H2,1H3,(H,23,26)/t17?,19?,20-,21-/m0/s1. The molecule has 166 valence electrons. The normalized spacial score (nSPS) is 29.7. The first kappa shape index (κ1) is 21.6. The van der Waals surface area contributed by atoms with E-state index in [1.807, 2.05) is 6.07 Å². The lowest BCUT2D eigenvalue weighted by molar-refractivity contribution is -0.000671. The summed E-state index contributed by atoms with van der Waals surface area (Å²) < 4.78 is 32.6. The molecule has 1 heterocycles. The average Bonchev–Trinajstić information content (AvgIpc) is 3.45. The van der Waals surface area contributed by atoms with Gasteiger partial charge in [-0.05, 0) is 56.4 Å². The molecule has 0 aromatic heterocycles. The maximum absolute atomic E-state index is 12.7. The van der Waals surface area contributed by atoms with Gasteiger partial charge in [0.25, 0.3) is 0 Å². The van der Waals surface area contributed by atoms with E-state index in [4.69, 9.17) is 4.74 Å². The van der Waals surface area contributed by atoms with Gasteiger partial charge in [-0.25, -0.2) is 17.9 Å². The third kappa shape index (κ3) is 5.74. The number of hydrogen-bond donors (Lipinski definition) is 2. The number of carbonyl (C=O) groups excluding carboxylic acids is 1. The summed E-state index contributed by atoms with van der Waals surface area (Å²) in [5.74, 6) is 0.581. The van der Waals surface area contributed by atoms with Crippen molar-refractivity contribution in [1.29, 1.82) is 0 Å². The number of carbonyl (C=O) groups is 1. The predicted octanol–water partition coefficient (Wildman–Crippen LogP) is 2.59. The third-order valence-electron chi connectivity index (χ3n) is 6.52. The number of sulfonamides is 1. The van der Waals surface area contributed by atoms with Crippen LogP contribution < -0.4 is 10.0 Å². The first-order chi connectivity index (χ1) is 14.4. The molecule has 2 saturated carbocycles. The number of nitrogens with zero attached hydrogens (tertiary/aromatic N) is 1. The van der Waals surface area contributed by atoms with Gasteiger partial charge >= 0.3 is 6.03 Å². The number of ether oxygens (including phenoxy) is 1. The van der Waals surface area contributed by atoms with Gasteiger partial charge in [0.1, 0.15) is 0 Å². The Balaban J connectivity index is 1.33. The van der Waals surface area contributed by atoms with Crippen molar-refractivity contribution in [3.8, 4) is 0 Å². The second-order valence-electron chi connectivity index (χ2n) is 8.99. The highest BCUT2D eigenvalue weighted by Crippen LogP contribution is 2.34. The molecule has 4 rings (SSSR count). The van der Waals surface area contributed by atoms with Gasteiger partial charge in [0.15, 0.2) is 0 Å². The van der Waals surface area contributed by atoms with Crippen LogP contribution in [0.3, 0.4) is 0 Å². The summed E-state index contributed by atoms with van der Waals surface area (Å²) in [6.07, 6.45) is 8.16. The Morgan fingerprint density at radius 2 is 1.77 bits per heavy atom. The molecular weight excluding hydrogens is 402 g/mol. The molecule has 8 heteroatoms. The quantitative estimate of drug-likeness (QED) is 0.689. The number of rotatable bonds is 7. The Morgan fingerprint density at radius 3 is 2.40 bits per heavy atom. The van der Waals surface area contributed by atoms with Crippen LogP contribution in [0.5, 0.6) is 0 Å². The molecule has 0 bridgehead atoms. The lowest BCUT2D eigenvalue weighted by Gasteiger charge is -2.33. The summed E-state index contributed by atoms with van der Waals surface area (Å²) >= 11 is 0. The number of amides is 2. The summed E-state index contributed by atoms with van der Waals surface area (Å²) in [5.41, 5.74) is 1.40. The van der Waals surface area contributed by atoms with Crippen LogP contribution in [0.2, 0.25) is 0 Å². The van der Waals surface area contributed by atoms with Crippen molar-refractivity contribution < 1.29 is 17.9 Å². The SMILES string of the molecule is CS(=O)(=O)N[C@H]1CCN(C(=O)NC2CC2)[C@H]1COC1CCC(c2ccccc2)CC1. The van der Waals surface area contributed by atoms with E-state index >= 15 is 0 Å². The number of likely N-dealkylation sites (tertiary alicyclic amines) is 1. The van der Waals surface area contributed by atoms with Crippen molar-refractivity contribution >= 4 is 16.1 Å². The molecule has 2 atom stereocenters. The van der Waals surface area contributed by atoms with Crippen LogP contribution in [0.1, 0.15) is 56.4 Å². The molecule has 1 saturated heterocycles. The Bertz CT molecular complexity index is 820. The van der Waals surface area contributed by atoms with Gasteiger partial charge in [-0.2, -0.15) is 0 Å². The van der Waals surface area contributed by atoms with Gasteiger partial charge in [-0.3, -0.25) is 0 Å². The molecule has 0 spiro atoms. The van der Waals surface area contributed by atoms with Crippen LogP contribution >= 0.6 is 0 Å². The minimum Gasteiger partial charge on any atom is -0.376 e. The van der Waals surface area contributed by atoms with Crippen LogP contribution in [0, 0.1) is 0 Å². The summed E-state index contributed by atoms with van der Waals surface area (Å²) in [6.45, 7) is 0.909. The summed E-state index contributed by atoms with van der Waals surface area (Å²) in [4.78, 5) is 14.4. The molecule has 1 aliphatic heterocycles. The van der Waals surface area contributed by atoms with Gasteiger partial charge in [-0.15, -0.1) is 0 Å². The van der Waals surface area contributed by atoms with Gasteiger partial charge in [0, 0.05) is 18.6 Å². The maximum atomic E-state index is 12.7. The number of benzene rings is 1. The van der Waals surface area contributed by atoms with E-state index in [0.717, 1.165) is 38.5 Å². The second kappa shape index (κ2) is 9.24. The van der Waals surface area contributed by atoms with Crippen molar-refractivity contribution in [2.24, 2.45) is 0 Å². The predicted molar refractivity (Wildman–Crippen MR) is 116 cm³/mol. The topological polar surface area (TPSA) is 87.7 Å². The molecule has 3 aliphatic rings. The van der Waals surface area contributed by atoms with Crippen LogP contribution in [0.15, 0.2) is 30.3 Å². The zero-order chi connectivity index (χ0) is 21.1. The summed E-state index contributed by atoms with van der Waals surface area (Å²) in [5, 5.41) is 3.03. The summed E-state index contributed by atoms with van der Waals surface area (Å²) in [7, 11) is -3.35. The van der Waals surface area contributed by atoms with E-state index in [0.29, 0.717) is 25.5 Å². The Labute approximate surface area is 179 Å². The van der Waals surface area contributed by atoms with Gasteiger partial charge < -0.3 is 15.0 Å². The molecule has 30 heavy (non-hydrogen) atoms. The maximum Gasteiger partial charge on any atom is 0.318 e.